The van der Waals surface area contributed by atoms with Gasteiger partial charge in [-0.25, -0.2) is 19.2 Å². The molecule has 5 rings (SSSR count). The van der Waals surface area contributed by atoms with Crippen molar-refractivity contribution in [2.24, 2.45) is 0 Å². The Balaban J connectivity index is 1.66. The maximum absolute atomic E-state index is 4.85. The van der Waals surface area contributed by atoms with E-state index in [0.717, 1.165) is 34.6 Å². The quantitative estimate of drug-likeness (QED) is 0.489. The zero-order valence-corrected chi connectivity index (χ0v) is 14.9. The highest BCUT2D eigenvalue weighted by molar-refractivity contribution is 5.89. The predicted octanol–water partition coefficient (Wildman–Crippen LogP) is 4.01. The van der Waals surface area contributed by atoms with Crippen LogP contribution in [0.2, 0.25) is 0 Å². The van der Waals surface area contributed by atoms with Gasteiger partial charge >= 0.3 is 0 Å². The van der Waals surface area contributed by atoms with Crippen molar-refractivity contribution in [3.05, 3.63) is 84.6 Å². The molecular formula is C21H18N6. The molecule has 3 heterocycles. The highest BCUT2D eigenvalue weighted by Crippen LogP contribution is 2.27. The Morgan fingerprint density at radius 1 is 0.926 bits per heavy atom. The fourth-order valence-electron chi connectivity index (χ4n) is 3.50. The monoisotopic (exact) mass is 354 g/mol. The first-order chi connectivity index (χ1) is 13.3. The van der Waals surface area contributed by atoms with Crippen LogP contribution in [0.25, 0.3) is 22.4 Å². The lowest BCUT2D eigenvalue weighted by molar-refractivity contribution is 0.711. The molecule has 1 atom stereocenters. The predicted molar refractivity (Wildman–Crippen MR) is 104 cm³/mol. The van der Waals surface area contributed by atoms with Crippen molar-refractivity contribution in [3.8, 4) is 5.69 Å². The van der Waals surface area contributed by atoms with Crippen LogP contribution in [-0.4, -0.2) is 29.4 Å². The topological polar surface area (TPSA) is 60.9 Å². The maximum atomic E-state index is 4.85. The van der Waals surface area contributed by atoms with E-state index in [-0.39, 0.29) is 5.92 Å². The molecule has 6 heteroatoms. The molecule has 3 aromatic heterocycles. The lowest BCUT2D eigenvalue weighted by Crippen LogP contribution is -2.02. The molecule has 0 unspecified atom stereocenters. The van der Waals surface area contributed by atoms with Crippen molar-refractivity contribution in [3.63, 3.8) is 0 Å². The minimum absolute atomic E-state index is 0.158. The van der Waals surface area contributed by atoms with Gasteiger partial charge in [-0.05, 0) is 24.1 Å². The maximum Gasteiger partial charge on any atom is 0.170 e. The zero-order chi connectivity index (χ0) is 18.2. The summed E-state index contributed by atoms with van der Waals surface area (Å²) in [6.07, 6.45) is 4.46. The van der Waals surface area contributed by atoms with Crippen molar-refractivity contribution in [2.75, 3.05) is 0 Å². The van der Waals surface area contributed by atoms with Gasteiger partial charge in [0.05, 0.1) is 17.3 Å². The summed E-state index contributed by atoms with van der Waals surface area (Å²) in [6, 6.07) is 20.4. The van der Waals surface area contributed by atoms with Crippen LogP contribution in [0, 0.1) is 0 Å². The Morgan fingerprint density at radius 2 is 1.67 bits per heavy atom. The van der Waals surface area contributed by atoms with Crippen LogP contribution in [0.5, 0.6) is 0 Å². The summed E-state index contributed by atoms with van der Waals surface area (Å²) < 4.78 is 3.58. The molecular weight excluding hydrogens is 336 g/mol. The number of para-hydroxylation sites is 1. The number of hydrogen-bond donors (Lipinski definition) is 0. The Kier molecular flexibility index (Phi) is 3.67. The number of nitrogens with zero attached hydrogens (tertiary/aromatic N) is 6. The third kappa shape index (κ3) is 2.57. The number of hydrogen-bond acceptors (Lipinski definition) is 4. The third-order valence-corrected chi connectivity index (χ3v) is 4.84. The van der Waals surface area contributed by atoms with Crippen LogP contribution in [0.15, 0.2) is 73.2 Å². The van der Waals surface area contributed by atoms with Crippen molar-refractivity contribution in [1.82, 2.24) is 29.4 Å². The largest absolute Gasteiger partial charge is 0.216 e. The molecule has 27 heavy (non-hydrogen) atoms. The second-order valence-electron chi connectivity index (χ2n) is 6.48. The SMILES string of the molecule is CC[C@@H](c1ccccc1)c1nc2c3cnn(-c4ccccc4)c3ncn2n1. The average Bonchev–Trinajstić information content (AvgIpc) is 3.34. The first kappa shape index (κ1) is 15.7. The summed E-state index contributed by atoms with van der Waals surface area (Å²) in [6.45, 7) is 2.16. The average molecular weight is 354 g/mol. The zero-order valence-electron chi connectivity index (χ0n) is 14.9. The fourth-order valence-corrected chi connectivity index (χ4v) is 3.50. The smallest absolute Gasteiger partial charge is 0.170 e. The van der Waals surface area contributed by atoms with Gasteiger partial charge in [0, 0.05) is 5.92 Å². The molecule has 0 N–H and O–H groups in total. The van der Waals surface area contributed by atoms with Gasteiger partial charge < -0.3 is 0 Å². The summed E-state index contributed by atoms with van der Waals surface area (Å²) in [5.74, 6) is 0.968. The van der Waals surface area contributed by atoms with E-state index in [2.05, 4.69) is 41.3 Å². The first-order valence-corrected chi connectivity index (χ1v) is 9.04. The minimum atomic E-state index is 0.158. The fraction of sp³-hybridized carbons (Fsp3) is 0.143. The van der Waals surface area contributed by atoms with Crippen LogP contribution in [-0.2, 0) is 0 Å². The van der Waals surface area contributed by atoms with E-state index in [4.69, 9.17) is 10.1 Å². The summed E-state index contributed by atoms with van der Waals surface area (Å²) in [7, 11) is 0. The van der Waals surface area contributed by atoms with Crippen molar-refractivity contribution in [2.45, 2.75) is 19.3 Å². The molecule has 0 aliphatic carbocycles. The lowest BCUT2D eigenvalue weighted by atomic mass is 9.96. The normalized spacial score (nSPS) is 12.6. The van der Waals surface area contributed by atoms with Gasteiger partial charge in [0.15, 0.2) is 17.1 Å². The van der Waals surface area contributed by atoms with Gasteiger partial charge in [-0.1, -0.05) is 55.5 Å². The van der Waals surface area contributed by atoms with Crippen LogP contribution in [0.4, 0.5) is 0 Å². The molecule has 0 radical (unpaired) electrons. The lowest BCUT2D eigenvalue weighted by Gasteiger charge is -2.10. The molecule has 0 spiro atoms. The second kappa shape index (κ2) is 6.32. The standard InChI is InChI=1S/C21H18N6/c1-2-17(15-9-5-3-6-10-15)19-24-21-18-13-23-27(16-11-7-4-8-12-16)20(18)22-14-26(21)25-19/h3-14,17H,2H2,1H3/t17-/m0/s1. The number of benzene rings is 2. The van der Waals surface area contributed by atoms with Crippen molar-refractivity contribution < 1.29 is 0 Å². The Bertz CT molecular complexity index is 1210. The Morgan fingerprint density at radius 3 is 2.41 bits per heavy atom. The molecule has 0 saturated heterocycles. The molecule has 5 aromatic rings. The van der Waals surface area contributed by atoms with E-state index < -0.39 is 0 Å². The van der Waals surface area contributed by atoms with E-state index in [0.29, 0.717) is 0 Å². The molecule has 0 aliphatic rings. The highest BCUT2D eigenvalue weighted by Gasteiger charge is 2.19. The Labute approximate surface area is 156 Å². The Hall–Kier alpha value is -3.54. The van der Waals surface area contributed by atoms with Gasteiger partial charge in [0.2, 0.25) is 0 Å². The minimum Gasteiger partial charge on any atom is -0.216 e. The van der Waals surface area contributed by atoms with E-state index in [1.807, 2.05) is 47.3 Å². The number of aromatic nitrogens is 6. The highest BCUT2D eigenvalue weighted by atomic mass is 15.3. The molecule has 0 aliphatic heterocycles. The van der Waals surface area contributed by atoms with Crippen LogP contribution in [0.3, 0.4) is 0 Å². The second-order valence-corrected chi connectivity index (χ2v) is 6.48. The van der Waals surface area contributed by atoms with Crippen molar-refractivity contribution >= 4 is 16.7 Å². The van der Waals surface area contributed by atoms with Gasteiger partial charge in [0.1, 0.15) is 6.33 Å². The van der Waals surface area contributed by atoms with E-state index >= 15 is 0 Å². The summed E-state index contributed by atoms with van der Waals surface area (Å²) >= 11 is 0. The van der Waals surface area contributed by atoms with Gasteiger partial charge in [-0.15, -0.1) is 5.10 Å². The van der Waals surface area contributed by atoms with E-state index in [1.54, 1.807) is 10.8 Å². The van der Waals surface area contributed by atoms with Crippen LogP contribution < -0.4 is 0 Å². The molecule has 0 amide bonds. The van der Waals surface area contributed by atoms with Gasteiger partial charge in [-0.3, -0.25) is 0 Å². The summed E-state index contributed by atoms with van der Waals surface area (Å²) in [4.78, 5) is 9.43. The first-order valence-electron chi connectivity index (χ1n) is 9.04. The number of fused-ring (bicyclic) bond motifs is 3. The molecule has 132 valence electrons. The molecule has 2 aromatic carbocycles. The van der Waals surface area contributed by atoms with Gasteiger partial charge in [-0.2, -0.15) is 5.10 Å². The molecule has 0 saturated carbocycles. The van der Waals surface area contributed by atoms with E-state index in [1.165, 1.54) is 5.56 Å². The molecule has 0 bridgehead atoms. The third-order valence-electron chi connectivity index (χ3n) is 4.84. The number of rotatable bonds is 4. The summed E-state index contributed by atoms with van der Waals surface area (Å²) in [5.41, 5.74) is 3.76. The summed E-state index contributed by atoms with van der Waals surface area (Å²) in [5, 5.41) is 10.1. The van der Waals surface area contributed by atoms with Crippen molar-refractivity contribution in [1.29, 1.82) is 0 Å². The van der Waals surface area contributed by atoms with Crippen LogP contribution >= 0.6 is 0 Å². The van der Waals surface area contributed by atoms with Crippen LogP contribution in [0.1, 0.15) is 30.7 Å². The van der Waals surface area contributed by atoms with Gasteiger partial charge in [0.25, 0.3) is 0 Å². The molecule has 6 nitrogen and oxygen atoms in total. The van der Waals surface area contributed by atoms with E-state index in [9.17, 15) is 0 Å². The molecule has 0 fully saturated rings.